The number of likely N-dealkylation sites (N-methyl/N-ethyl adjacent to an activating group) is 1. The van der Waals surface area contributed by atoms with Crippen LogP contribution in [0.5, 0.6) is 0 Å². The van der Waals surface area contributed by atoms with E-state index in [4.69, 9.17) is 0 Å². The predicted molar refractivity (Wildman–Crippen MR) is 98.1 cm³/mol. The number of aromatic nitrogens is 1. The number of aromatic amines is 1. The summed E-state index contributed by atoms with van der Waals surface area (Å²) < 4.78 is 13.0. The van der Waals surface area contributed by atoms with Crippen molar-refractivity contribution < 1.29 is 4.39 Å². The molecule has 2 N–H and O–H groups in total. The number of H-pyrrole nitrogens is 1. The molecule has 2 heterocycles. The van der Waals surface area contributed by atoms with Crippen LogP contribution in [0.25, 0.3) is 16.5 Å². The van der Waals surface area contributed by atoms with Crippen LogP contribution < -0.4 is 5.32 Å². The van der Waals surface area contributed by atoms with Gasteiger partial charge in [0.1, 0.15) is 5.82 Å². The molecule has 2 aromatic carbocycles. The molecule has 0 fully saturated rings. The topological polar surface area (TPSA) is 31.1 Å². The third-order valence-electron chi connectivity index (χ3n) is 4.57. The number of hydrogen-bond acceptors (Lipinski definition) is 2. The summed E-state index contributed by atoms with van der Waals surface area (Å²) in [5.41, 5.74) is 5.70. The Labute approximate surface area is 140 Å². The molecule has 1 aliphatic rings. The third kappa shape index (κ3) is 2.93. The lowest BCUT2D eigenvalue weighted by atomic mass is 9.99. The maximum Gasteiger partial charge on any atom is 0.123 e. The Balaban J connectivity index is 1.67. The number of nitrogens with zero attached hydrogens (tertiary/aromatic N) is 1. The molecule has 0 amide bonds. The standard InChI is InChI=1S/C20H20FN3/c1-24-10-8-14(9-11-24)19-13-22-20-7-6-17(12-18(19)20)23-16-4-2-15(21)3-5-16/h2-8,12-13,22-23H,9-11H2,1H3. The zero-order valence-electron chi connectivity index (χ0n) is 13.6. The molecule has 0 unspecified atom stereocenters. The van der Waals surface area contributed by atoms with E-state index in [1.165, 1.54) is 28.7 Å². The van der Waals surface area contributed by atoms with Crippen molar-refractivity contribution in [1.82, 2.24) is 9.88 Å². The van der Waals surface area contributed by atoms with Crippen molar-refractivity contribution in [1.29, 1.82) is 0 Å². The van der Waals surface area contributed by atoms with Crippen LogP contribution in [0.15, 0.2) is 54.7 Å². The zero-order valence-corrected chi connectivity index (χ0v) is 13.6. The summed E-state index contributed by atoms with van der Waals surface area (Å²) in [6.45, 7) is 2.08. The van der Waals surface area contributed by atoms with Gasteiger partial charge in [0.25, 0.3) is 0 Å². The lowest BCUT2D eigenvalue weighted by Crippen LogP contribution is -2.23. The first kappa shape index (κ1) is 15.0. The Kier molecular flexibility index (Phi) is 3.82. The van der Waals surface area contributed by atoms with E-state index >= 15 is 0 Å². The fourth-order valence-corrected chi connectivity index (χ4v) is 3.18. The van der Waals surface area contributed by atoms with Crippen LogP contribution in [0.3, 0.4) is 0 Å². The summed E-state index contributed by atoms with van der Waals surface area (Å²) in [4.78, 5) is 5.68. The number of halogens is 1. The van der Waals surface area contributed by atoms with Gasteiger partial charge < -0.3 is 15.2 Å². The van der Waals surface area contributed by atoms with E-state index < -0.39 is 0 Å². The Morgan fingerprint density at radius 3 is 2.62 bits per heavy atom. The smallest absolute Gasteiger partial charge is 0.123 e. The second-order valence-corrected chi connectivity index (χ2v) is 6.34. The lowest BCUT2D eigenvalue weighted by Gasteiger charge is -2.21. The van der Waals surface area contributed by atoms with Crippen LogP contribution in [0.1, 0.15) is 12.0 Å². The van der Waals surface area contributed by atoms with E-state index in [-0.39, 0.29) is 5.82 Å². The van der Waals surface area contributed by atoms with E-state index in [1.54, 1.807) is 12.1 Å². The van der Waals surface area contributed by atoms with Gasteiger partial charge in [0.2, 0.25) is 0 Å². The number of nitrogens with one attached hydrogen (secondary N) is 2. The van der Waals surface area contributed by atoms with Crippen LogP contribution in [0.2, 0.25) is 0 Å². The highest BCUT2D eigenvalue weighted by Gasteiger charge is 2.13. The van der Waals surface area contributed by atoms with Crippen LogP contribution in [0.4, 0.5) is 15.8 Å². The van der Waals surface area contributed by atoms with E-state index in [9.17, 15) is 4.39 Å². The molecule has 0 atom stereocenters. The second kappa shape index (κ2) is 6.13. The summed E-state index contributed by atoms with van der Waals surface area (Å²) in [6, 6.07) is 12.7. The maximum absolute atomic E-state index is 13.0. The van der Waals surface area contributed by atoms with Gasteiger partial charge >= 0.3 is 0 Å². The number of anilines is 2. The molecule has 0 saturated heterocycles. The minimum Gasteiger partial charge on any atom is -0.361 e. The van der Waals surface area contributed by atoms with Gasteiger partial charge in [-0.05, 0) is 61.5 Å². The van der Waals surface area contributed by atoms with Crippen molar-refractivity contribution >= 4 is 27.9 Å². The van der Waals surface area contributed by atoms with Crippen molar-refractivity contribution in [3.8, 4) is 0 Å². The van der Waals surface area contributed by atoms with E-state index in [1.807, 2.05) is 6.07 Å². The molecular formula is C20H20FN3. The van der Waals surface area contributed by atoms with E-state index in [2.05, 4.69) is 46.7 Å². The average Bonchev–Trinajstić information content (AvgIpc) is 3.01. The van der Waals surface area contributed by atoms with Crippen LogP contribution >= 0.6 is 0 Å². The molecule has 122 valence electrons. The zero-order chi connectivity index (χ0) is 16.5. The number of rotatable bonds is 3. The fourth-order valence-electron chi connectivity index (χ4n) is 3.18. The number of hydrogen-bond donors (Lipinski definition) is 2. The van der Waals surface area contributed by atoms with Gasteiger partial charge in [0, 0.05) is 47.1 Å². The fraction of sp³-hybridized carbons (Fsp3) is 0.200. The molecule has 1 aromatic heterocycles. The van der Waals surface area contributed by atoms with Gasteiger partial charge in [-0.3, -0.25) is 0 Å². The molecule has 1 aliphatic heterocycles. The molecule has 0 radical (unpaired) electrons. The van der Waals surface area contributed by atoms with E-state index in [0.717, 1.165) is 36.4 Å². The predicted octanol–water partition coefficient (Wildman–Crippen LogP) is 4.77. The average molecular weight is 321 g/mol. The first-order valence-corrected chi connectivity index (χ1v) is 8.21. The van der Waals surface area contributed by atoms with Crippen molar-refractivity contribution in [2.24, 2.45) is 0 Å². The highest BCUT2D eigenvalue weighted by molar-refractivity contribution is 5.95. The Morgan fingerprint density at radius 2 is 1.88 bits per heavy atom. The summed E-state index contributed by atoms with van der Waals surface area (Å²) in [5, 5.41) is 4.56. The maximum atomic E-state index is 13.0. The quantitative estimate of drug-likeness (QED) is 0.728. The molecule has 4 heteroatoms. The molecule has 0 aliphatic carbocycles. The number of fused-ring (bicyclic) bond motifs is 1. The molecule has 0 spiro atoms. The van der Waals surface area contributed by atoms with Gasteiger partial charge in [0.15, 0.2) is 0 Å². The minimum absolute atomic E-state index is 0.224. The molecular weight excluding hydrogens is 301 g/mol. The Hall–Kier alpha value is -2.59. The first-order valence-electron chi connectivity index (χ1n) is 8.21. The highest BCUT2D eigenvalue weighted by atomic mass is 19.1. The van der Waals surface area contributed by atoms with E-state index in [0.29, 0.717) is 0 Å². The number of benzene rings is 2. The van der Waals surface area contributed by atoms with Crippen molar-refractivity contribution in [2.45, 2.75) is 6.42 Å². The van der Waals surface area contributed by atoms with Gasteiger partial charge in [-0.2, -0.15) is 0 Å². The summed E-state index contributed by atoms with van der Waals surface area (Å²) >= 11 is 0. The molecule has 0 bridgehead atoms. The monoisotopic (exact) mass is 321 g/mol. The molecule has 0 saturated carbocycles. The Bertz CT molecular complexity index is 893. The van der Waals surface area contributed by atoms with Gasteiger partial charge in [-0.15, -0.1) is 0 Å². The van der Waals surface area contributed by atoms with Gasteiger partial charge in [-0.1, -0.05) is 6.08 Å². The first-order chi connectivity index (χ1) is 11.7. The van der Waals surface area contributed by atoms with Crippen molar-refractivity contribution in [3.63, 3.8) is 0 Å². The van der Waals surface area contributed by atoms with Gasteiger partial charge in [0.05, 0.1) is 0 Å². The SMILES string of the molecule is CN1CC=C(c2c[nH]c3ccc(Nc4ccc(F)cc4)cc23)CC1. The Morgan fingerprint density at radius 1 is 1.08 bits per heavy atom. The second-order valence-electron chi connectivity index (χ2n) is 6.34. The highest BCUT2D eigenvalue weighted by Crippen LogP contribution is 2.31. The van der Waals surface area contributed by atoms with Crippen LogP contribution in [-0.2, 0) is 0 Å². The summed E-state index contributed by atoms with van der Waals surface area (Å²) in [5.74, 6) is -0.224. The lowest BCUT2D eigenvalue weighted by molar-refractivity contribution is 0.370. The molecule has 4 rings (SSSR count). The molecule has 3 nitrogen and oxygen atoms in total. The van der Waals surface area contributed by atoms with Crippen LogP contribution in [0, 0.1) is 5.82 Å². The third-order valence-corrected chi connectivity index (χ3v) is 4.57. The van der Waals surface area contributed by atoms with Crippen LogP contribution in [-0.4, -0.2) is 30.0 Å². The summed E-state index contributed by atoms with van der Waals surface area (Å²) in [6.07, 6.45) is 5.48. The van der Waals surface area contributed by atoms with Crippen molar-refractivity contribution in [2.75, 3.05) is 25.5 Å². The van der Waals surface area contributed by atoms with Gasteiger partial charge in [-0.25, -0.2) is 4.39 Å². The summed E-state index contributed by atoms with van der Waals surface area (Å²) in [7, 11) is 2.15. The van der Waals surface area contributed by atoms with Crippen molar-refractivity contribution in [3.05, 3.63) is 66.1 Å². The molecule has 3 aromatic rings. The minimum atomic E-state index is -0.224. The largest absolute Gasteiger partial charge is 0.361 e. The normalized spacial score (nSPS) is 15.5. The molecule has 24 heavy (non-hydrogen) atoms.